The SMILES string of the molecule is Cc1cc(C)c(Cc2ccc3cc(C)ccc3c2)c(C)c1. The summed E-state index contributed by atoms with van der Waals surface area (Å²) in [6.45, 7) is 8.76. The van der Waals surface area contributed by atoms with Crippen molar-refractivity contribution in [1.82, 2.24) is 0 Å². The third-order valence-corrected chi connectivity index (χ3v) is 4.28. The lowest BCUT2D eigenvalue weighted by atomic mass is 9.93. The van der Waals surface area contributed by atoms with Crippen molar-refractivity contribution in [3.63, 3.8) is 0 Å². The predicted octanol–water partition coefficient (Wildman–Crippen LogP) is 5.66. The first-order valence-electron chi connectivity index (χ1n) is 7.59. The zero-order valence-corrected chi connectivity index (χ0v) is 13.3. The van der Waals surface area contributed by atoms with Crippen LogP contribution in [0, 0.1) is 27.7 Å². The first kappa shape index (κ1) is 13.9. The molecule has 0 heterocycles. The maximum Gasteiger partial charge on any atom is -0.00203 e. The van der Waals surface area contributed by atoms with Crippen molar-refractivity contribution < 1.29 is 0 Å². The Morgan fingerprint density at radius 1 is 0.619 bits per heavy atom. The molecule has 0 aromatic heterocycles. The van der Waals surface area contributed by atoms with Crippen molar-refractivity contribution in [3.05, 3.63) is 81.9 Å². The van der Waals surface area contributed by atoms with E-state index >= 15 is 0 Å². The molecular weight excluding hydrogens is 252 g/mol. The second-order valence-corrected chi connectivity index (χ2v) is 6.24. The van der Waals surface area contributed by atoms with Gasteiger partial charge in [0, 0.05) is 0 Å². The molecule has 0 saturated heterocycles. The molecule has 3 rings (SSSR count). The molecular formula is C21H22. The Hall–Kier alpha value is -2.08. The topological polar surface area (TPSA) is 0 Å². The lowest BCUT2D eigenvalue weighted by Gasteiger charge is -2.12. The molecule has 0 radical (unpaired) electrons. The van der Waals surface area contributed by atoms with Gasteiger partial charge in [0.25, 0.3) is 0 Å². The van der Waals surface area contributed by atoms with Crippen LogP contribution in [0.3, 0.4) is 0 Å². The van der Waals surface area contributed by atoms with Crippen LogP contribution >= 0.6 is 0 Å². The summed E-state index contributed by atoms with van der Waals surface area (Å²) in [5, 5.41) is 2.66. The van der Waals surface area contributed by atoms with Crippen molar-refractivity contribution >= 4 is 10.8 Å². The normalized spacial score (nSPS) is 11.0. The van der Waals surface area contributed by atoms with Gasteiger partial charge in [0.2, 0.25) is 0 Å². The van der Waals surface area contributed by atoms with Gasteiger partial charge in [-0.05, 0) is 67.1 Å². The molecule has 0 heteroatoms. The lowest BCUT2D eigenvalue weighted by molar-refractivity contribution is 1.11. The van der Waals surface area contributed by atoms with Gasteiger partial charge in [0.15, 0.2) is 0 Å². The zero-order chi connectivity index (χ0) is 15.0. The third-order valence-electron chi connectivity index (χ3n) is 4.28. The van der Waals surface area contributed by atoms with Crippen LogP contribution < -0.4 is 0 Å². The van der Waals surface area contributed by atoms with Gasteiger partial charge in [-0.25, -0.2) is 0 Å². The summed E-state index contributed by atoms with van der Waals surface area (Å²) in [5.74, 6) is 0. The number of hydrogen-bond acceptors (Lipinski definition) is 0. The van der Waals surface area contributed by atoms with Crippen molar-refractivity contribution in [1.29, 1.82) is 0 Å². The summed E-state index contributed by atoms with van der Waals surface area (Å²) in [4.78, 5) is 0. The van der Waals surface area contributed by atoms with Gasteiger partial charge in [-0.2, -0.15) is 0 Å². The van der Waals surface area contributed by atoms with Gasteiger partial charge in [-0.15, -0.1) is 0 Å². The van der Waals surface area contributed by atoms with Gasteiger partial charge < -0.3 is 0 Å². The molecule has 106 valence electrons. The molecule has 0 aliphatic rings. The van der Waals surface area contributed by atoms with Crippen LogP contribution in [0.25, 0.3) is 10.8 Å². The molecule has 0 unspecified atom stereocenters. The third kappa shape index (κ3) is 2.85. The van der Waals surface area contributed by atoms with Crippen molar-refractivity contribution in [2.45, 2.75) is 34.1 Å². The fourth-order valence-electron chi connectivity index (χ4n) is 3.22. The minimum absolute atomic E-state index is 1.02. The van der Waals surface area contributed by atoms with E-state index < -0.39 is 0 Å². The number of aryl methyl sites for hydroxylation is 4. The van der Waals surface area contributed by atoms with Gasteiger partial charge in [0.05, 0.1) is 0 Å². The van der Waals surface area contributed by atoms with Gasteiger partial charge in [0.1, 0.15) is 0 Å². The second-order valence-electron chi connectivity index (χ2n) is 6.24. The molecule has 0 saturated carbocycles. The van der Waals surface area contributed by atoms with E-state index in [1.165, 1.54) is 44.2 Å². The minimum atomic E-state index is 1.02. The monoisotopic (exact) mass is 274 g/mol. The fourth-order valence-corrected chi connectivity index (χ4v) is 3.22. The Kier molecular flexibility index (Phi) is 3.55. The van der Waals surface area contributed by atoms with E-state index in [2.05, 4.69) is 76.2 Å². The van der Waals surface area contributed by atoms with Crippen LogP contribution in [0.5, 0.6) is 0 Å². The number of fused-ring (bicyclic) bond motifs is 1. The Labute approximate surface area is 127 Å². The molecule has 0 aliphatic heterocycles. The van der Waals surface area contributed by atoms with E-state index in [9.17, 15) is 0 Å². The van der Waals surface area contributed by atoms with E-state index in [1.54, 1.807) is 0 Å². The Balaban J connectivity index is 2.00. The minimum Gasteiger partial charge on any atom is -0.0587 e. The smallest absolute Gasteiger partial charge is 0.00203 e. The van der Waals surface area contributed by atoms with Crippen molar-refractivity contribution in [2.24, 2.45) is 0 Å². The predicted molar refractivity (Wildman–Crippen MR) is 92.1 cm³/mol. The highest BCUT2D eigenvalue weighted by Crippen LogP contribution is 2.23. The molecule has 3 aromatic carbocycles. The number of rotatable bonds is 2. The molecule has 3 aromatic rings. The first-order chi connectivity index (χ1) is 10.0. The highest BCUT2D eigenvalue weighted by atomic mass is 14.1. The maximum atomic E-state index is 2.33. The Morgan fingerprint density at radius 2 is 1.24 bits per heavy atom. The highest BCUT2D eigenvalue weighted by molar-refractivity contribution is 5.83. The molecule has 0 aliphatic carbocycles. The molecule has 0 nitrogen and oxygen atoms in total. The van der Waals surface area contributed by atoms with E-state index in [4.69, 9.17) is 0 Å². The summed E-state index contributed by atoms with van der Waals surface area (Å²) in [6.07, 6.45) is 1.02. The van der Waals surface area contributed by atoms with Crippen LogP contribution in [-0.2, 0) is 6.42 Å². The number of hydrogen-bond donors (Lipinski definition) is 0. The molecule has 0 atom stereocenters. The van der Waals surface area contributed by atoms with Crippen LogP contribution in [0.4, 0.5) is 0 Å². The summed E-state index contributed by atoms with van der Waals surface area (Å²) < 4.78 is 0. The molecule has 0 spiro atoms. The van der Waals surface area contributed by atoms with E-state index in [-0.39, 0.29) is 0 Å². The standard InChI is InChI=1S/C21H22/c1-14-5-7-20-12-18(6-8-19(20)11-14)13-21-16(3)9-15(2)10-17(21)4/h5-12H,13H2,1-4H3. The summed E-state index contributed by atoms with van der Waals surface area (Å²) in [5.41, 5.74) is 8.32. The maximum absolute atomic E-state index is 2.33. The van der Waals surface area contributed by atoms with Crippen LogP contribution in [-0.4, -0.2) is 0 Å². The highest BCUT2D eigenvalue weighted by Gasteiger charge is 2.06. The molecule has 21 heavy (non-hydrogen) atoms. The van der Waals surface area contributed by atoms with E-state index in [0.717, 1.165) is 6.42 Å². The molecule has 0 fully saturated rings. The van der Waals surface area contributed by atoms with E-state index in [1.807, 2.05) is 0 Å². The lowest BCUT2D eigenvalue weighted by Crippen LogP contribution is -1.97. The largest absolute Gasteiger partial charge is 0.0587 e. The second kappa shape index (κ2) is 5.37. The van der Waals surface area contributed by atoms with Crippen LogP contribution in [0.15, 0.2) is 48.5 Å². The van der Waals surface area contributed by atoms with Crippen molar-refractivity contribution in [3.8, 4) is 0 Å². The first-order valence-corrected chi connectivity index (χ1v) is 7.59. The molecule has 0 bridgehead atoms. The summed E-state index contributed by atoms with van der Waals surface area (Å²) in [7, 11) is 0. The van der Waals surface area contributed by atoms with E-state index in [0.29, 0.717) is 0 Å². The van der Waals surface area contributed by atoms with Crippen LogP contribution in [0.1, 0.15) is 33.4 Å². The number of benzene rings is 3. The molecule has 0 N–H and O–H groups in total. The fraction of sp³-hybridized carbons (Fsp3) is 0.238. The summed E-state index contributed by atoms with van der Waals surface area (Å²) in [6, 6.07) is 18.1. The quantitative estimate of drug-likeness (QED) is 0.565. The average Bonchev–Trinajstić information content (AvgIpc) is 2.43. The zero-order valence-electron chi connectivity index (χ0n) is 13.3. The van der Waals surface area contributed by atoms with Crippen LogP contribution in [0.2, 0.25) is 0 Å². The summed E-state index contributed by atoms with van der Waals surface area (Å²) >= 11 is 0. The average molecular weight is 274 g/mol. The van der Waals surface area contributed by atoms with Gasteiger partial charge >= 0.3 is 0 Å². The van der Waals surface area contributed by atoms with Crippen molar-refractivity contribution in [2.75, 3.05) is 0 Å². The Morgan fingerprint density at radius 3 is 1.95 bits per heavy atom. The Bertz CT molecular complexity index is 786. The molecule has 0 amide bonds. The van der Waals surface area contributed by atoms with Gasteiger partial charge in [-0.3, -0.25) is 0 Å². The van der Waals surface area contributed by atoms with Gasteiger partial charge in [-0.1, -0.05) is 59.7 Å².